The molecule has 3 aliphatic carbocycles. The number of hydrogen-bond donors (Lipinski definition) is 1. The number of pyridine rings is 1. The predicted molar refractivity (Wildman–Crippen MR) is 117 cm³/mol. The monoisotopic (exact) mass is 432 g/mol. The number of nitrogens with zero attached hydrogens (tertiary/aromatic N) is 3. The first-order chi connectivity index (χ1) is 15.6. The summed E-state index contributed by atoms with van der Waals surface area (Å²) < 4.78 is 20.0. The average Bonchev–Trinajstić information content (AvgIpc) is 3.69. The fraction of sp³-hybridized carbons (Fsp3) is 0.440. The molecule has 6 nitrogen and oxygen atoms in total. The van der Waals surface area contributed by atoms with Gasteiger partial charge in [0.2, 0.25) is 5.91 Å². The second kappa shape index (κ2) is 7.50. The minimum Gasteiger partial charge on any atom is -0.490 e. The third-order valence-electron chi connectivity index (χ3n) is 7.30. The van der Waals surface area contributed by atoms with Crippen molar-refractivity contribution < 1.29 is 13.9 Å². The Morgan fingerprint density at radius 2 is 1.94 bits per heavy atom. The molecule has 5 atom stereocenters. The molecule has 0 bridgehead atoms. The molecule has 2 aromatic heterocycles. The summed E-state index contributed by atoms with van der Waals surface area (Å²) >= 11 is 0. The Labute approximate surface area is 185 Å². The molecule has 1 N–H and O–H groups in total. The van der Waals surface area contributed by atoms with Crippen LogP contribution in [0.2, 0.25) is 0 Å². The quantitative estimate of drug-likeness (QED) is 0.619. The normalized spacial score (nSPS) is 27.1. The summed E-state index contributed by atoms with van der Waals surface area (Å²) in [5.41, 5.74) is 1.56. The van der Waals surface area contributed by atoms with Gasteiger partial charge in [0.25, 0.3) is 0 Å². The second-order valence-corrected chi connectivity index (χ2v) is 9.48. The maximum absolute atomic E-state index is 13.7. The van der Waals surface area contributed by atoms with E-state index in [0.29, 0.717) is 40.6 Å². The molecule has 3 aromatic rings. The van der Waals surface area contributed by atoms with E-state index >= 15 is 0 Å². The Balaban J connectivity index is 1.12. The molecule has 0 aliphatic heterocycles. The third-order valence-corrected chi connectivity index (χ3v) is 7.30. The standard InChI is InChI=1S/C25H25FN4O2/c1-13-11-29-22(12-28-13)30-25(31)23(14-2-3-14)24-17-9-16(10-18(17)24)32-21-6-7-27-20-5-4-15(26)8-19(20)21/h4-8,11-12,14,16-18,23-24H,2-3,9-10H2,1H3,(H,29,30,31)/t16-,17-,18+,23?,24+. The van der Waals surface area contributed by atoms with Crippen molar-refractivity contribution in [3.05, 3.63) is 54.4 Å². The first-order valence-electron chi connectivity index (χ1n) is 11.4. The molecule has 3 fully saturated rings. The van der Waals surface area contributed by atoms with Crippen molar-refractivity contribution in [1.29, 1.82) is 0 Å². The van der Waals surface area contributed by atoms with Crippen LogP contribution >= 0.6 is 0 Å². The van der Waals surface area contributed by atoms with E-state index in [1.807, 2.05) is 13.0 Å². The molecule has 2 heterocycles. The number of rotatable bonds is 6. The number of fused-ring (bicyclic) bond motifs is 2. The molecular weight excluding hydrogens is 407 g/mol. The predicted octanol–water partition coefficient (Wildman–Crippen LogP) is 4.54. The number of carbonyl (C=O) groups excluding carboxylic acids is 1. The van der Waals surface area contributed by atoms with Gasteiger partial charge < -0.3 is 10.1 Å². The highest BCUT2D eigenvalue weighted by Gasteiger charge is 2.63. The molecule has 1 aromatic carbocycles. The van der Waals surface area contributed by atoms with E-state index in [9.17, 15) is 9.18 Å². The Hall–Kier alpha value is -3.09. The topological polar surface area (TPSA) is 77.0 Å². The molecule has 0 saturated heterocycles. The number of aryl methyl sites for hydroxylation is 1. The van der Waals surface area contributed by atoms with Crippen molar-refractivity contribution in [2.75, 3.05) is 5.32 Å². The fourth-order valence-corrected chi connectivity index (χ4v) is 5.67. The van der Waals surface area contributed by atoms with Gasteiger partial charge in [0.15, 0.2) is 5.82 Å². The smallest absolute Gasteiger partial charge is 0.229 e. The van der Waals surface area contributed by atoms with Crippen molar-refractivity contribution in [3.8, 4) is 5.75 Å². The zero-order valence-electron chi connectivity index (χ0n) is 17.9. The maximum atomic E-state index is 13.7. The van der Waals surface area contributed by atoms with Gasteiger partial charge in [-0.2, -0.15) is 0 Å². The lowest BCUT2D eigenvalue weighted by Gasteiger charge is -2.22. The summed E-state index contributed by atoms with van der Waals surface area (Å²) in [5, 5.41) is 3.70. The molecule has 3 aliphatic rings. The lowest BCUT2D eigenvalue weighted by Crippen LogP contribution is -2.29. The number of hydrogen-bond acceptors (Lipinski definition) is 5. The summed E-state index contributed by atoms with van der Waals surface area (Å²) in [6, 6.07) is 6.39. The van der Waals surface area contributed by atoms with Crippen LogP contribution in [0.3, 0.4) is 0 Å². The summed E-state index contributed by atoms with van der Waals surface area (Å²) in [7, 11) is 0. The van der Waals surface area contributed by atoms with E-state index in [-0.39, 0.29) is 23.7 Å². The van der Waals surface area contributed by atoms with Gasteiger partial charge in [0, 0.05) is 17.5 Å². The summed E-state index contributed by atoms with van der Waals surface area (Å²) in [6.07, 6.45) is 9.23. The summed E-state index contributed by atoms with van der Waals surface area (Å²) in [6.45, 7) is 1.88. The van der Waals surface area contributed by atoms with Gasteiger partial charge in [0.05, 0.1) is 29.7 Å². The van der Waals surface area contributed by atoms with Crippen LogP contribution in [0.5, 0.6) is 5.75 Å². The number of halogens is 1. The van der Waals surface area contributed by atoms with Crippen molar-refractivity contribution in [3.63, 3.8) is 0 Å². The third kappa shape index (κ3) is 3.59. The van der Waals surface area contributed by atoms with Gasteiger partial charge >= 0.3 is 0 Å². The van der Waals surface area contributed by atoms with Gasteiger partial charge in [0.1, 0.15) is 11.6 Å². The van der Waals surface area contributed by atoms with Gasteiger partial charge in [-0.15, -0.1) is 0 Å². The van der Waals surface area contributed by atoms with Crippen LogP contribution in [0.15, 0.2) is 42.9 Å². The fourth-order valence-electron chi connectivity index (χ4n) is 5.67. The number of aromatic nitrogens is 3. The Morgan fingerprint density at radius 3 is 2.66 bits per heavy atom. The Bertz CT molecular complexity index is 1170. The van der Waals surface area contributed by atoms with Crippen LogP contribution in [-0.2, 0) is 4.79 Å². The van der Waals surface area contributed by atoms with E-state index in [0.717, 1.165) is 36.9 Å². The lowest BCUT2D eigenvalue weighted by atomic mass is 9.91. The highest BCUT2D eigenvalue weighted by molar-refractivity contribution is 5.92. The first kappa shape index (κ1) is 19.6. The van der Waals surface area contributed by atoms with Gasteiger partial charge in [-0.05, 0) is 80.5 Å². The van der Waals surface area contributed by atoms with Crippen LogP contribution in [-0.4, -0.2) is 27.0 Å². The number of carbonyl (C=O) groups is 1. The van der Waals surface area contributed by atoms with E-state index in [2.05, 4.69) is 20.3 Å². The highest BCUT2D eigenvalue weighted by Crippen LogP contribution is 2.64. The number of ether oxygens (including phenoxy) is 1. The minimum atomic E-state index is -0.291. The van der Waals surface area contributed by atoms with Crippen LogP contribution in [0, 0.1) is 42.3 Å². The van der Waals surface area contributed by atoms with Crippen LogP contribution in [0.4, 0.5) is 10.2 Å². The molecular formula is C25H25FN4O2. The SMILES string of the molecule is Cc1cnc(NC(=O)C(C2CC2)[C@H]2[C@@H]3C[C@@H](Oc4ccnc5ccc(F)cc45)C[C@@H]32)cn1. The molecule has 1 amide bonds. The summed E-state index contributed by atoms with van der Waals surface area (Å²) in [5.74, 6) is 2.99. The van der Waals surface area contributed by atoms with Gasteiger partial charge in [-0.1, -0.05) is 0 Å². The molecule has 0 spiro atoms. The number of anilines is 1. The van der Waals surface area contributed by atoms with Crippen molar-refractivity contribution in [2.24, 2.45) is 29.6 Å². The Kier molecular flexibility index (Phi) is 4.59. The molecule has 6 rings (SSSR count). The highest BCUT2D eigenvalue weighted by atomic mass is 19.1. The minimum absolute atomic E-state index is 0.0462. The first-order valence-corrected chi connectivity index (χ1v) is 11.4. The summed E-state index contributed by atoms with van der Waals surface area (Å²) in [4.78, 5) is 25.9. The molecule has 164 valence electrons. The zero-order chi connectivity index (χ0) is 21.8. The number of nitrogens with one attached hydrogen (secondary N) is 1. The molecule has 32 heavy (non-hydrogen) atoms. The Morgan fingerprint density at radius 1 is 1.12 bits per heavy atom. The molecule has 0 radical (unpaired) electrons. The maximum Gasteiger partial charge on any atom is 0.229 e. The van der Waals surface area contributed by atoms with E-state index in [1.165, 1.54) is 12.1 Å². The lowest BCUT2D eigenvalue weighted by molar-refractivity contribution is -0.121. The van der Waals surface area contributed by atoms with Crippen LogP contribution in [0.25, 0.3) is 10.9 Å². The van der Waals surface area contributed by atoms with Gasteiger partial charge in [-0.3, -0.25) is 14.8 Å². The van der Waals surface area contributed by atoms with E-state index in [1.54, 1.807) is 24.7 Å². The average molecular weight is 432 g/mol. The zero-order valence-corrected chi connectivity index (χ0v) is 17.9. The molecule has 3 saturated carbocycles. The van der Waals surface area contributed by atoms with Crippen LogP contribution in [0.1, 0.15) is 31.4 Å². The largest absolute Gasteiger partial charge is 0.490 e. The number of amides is 1. The number of benzene rings is 1. The van der Waals surface area contributed by atoms with Crippen LogP contribution < -0.4 is 10.1 Å². The van der Waals surface area contributed by atoms with Gasteiger partial charge in [-0.25, -0.2) is 9.37 Å². The second-order valence-electron chi connectivity index (χ2n) is 9.48. The van der Waals surface area contributed by atoms with E-state index < -0.39 is 0 Å². The van der Waals surface area contributed by atoms with Crippen molar-refractivity contribution in [1.82, 2.24) is 15.0 Å². The molecule has 7 heteroatoms. The molecule has 1 unspecified atom stereocenters. The van der Waals surface area contributed by atoms with Crippen molar-refractivity contribution in [2.45, 2.75) is 38.7 Å². The van der Waals surface area contributed by atoms with E-state index in [4.69, 9.17) is 4.74 Å². The van der Waals surface area contributed by atoms with Crippen molar-refractivity contribution >= 4 is 22.6 Å².